The van der Waals surface area contributed by atoms with E-state index in [9.17, 15) is 4.57 Å². The molecule has 4 aliphatic carbocycles. The maximum absolute atomic E-state index is 12.3. The Hall–Kier alpha value is -0.110. The van der Waals surface area contributed by atoms with Gasteiger partial charge >= 0.3 is 7.60 Å². The minimum absolute atomic E-state index is 0.172. The molecule has 0 amide bonds. The van der Waals surface area contributed by atoms with Gasteiger partial charge in [-0.1, -0.05) is 6.58 Å². The van der Waals surface area contributed by atoms with E-state index in [-0.39, 0.29) is 5.60 Å². The zero-order valence-corrected chi connectivity index (χ0v) is 11.3. The van der Waals surface area contributed by atoms with Gasteiger partial charge in [0.1, 0.15) is 0 Å². The van der Waals surface area contributed by atoms with Crippen LogP contribution >= 0.6 is 7.60 Å². The molecule has 4 heteroatoms. The number of rotatable bonds is 4. The van der Waals surface area contributed by atoms with Crippen LogP contribution in [0.4, 0.5) is 0 Å². The van der Waals surface area contributed by atoms with E-state index in [1.807, 2.05) is 0 Å². The minimum atomic E-state index is -3.07. The third-order valence-electron chi connectivity index (χ3n) is 4.78. The van der Waals surface area contributed by atoms with Gasteiger partial charge in [0.15, 0.2) is 0 Å². The van der Waals surface area contributed by atoms with Gasteiger partial charge in [-0.2, -0.15) is 0 Å². The zero-order chi connectivity index (χ0) is 12.1. The molecular formula is C13H21O3P. The van der Waals surface area contributed by atoms with Gasteiger partial charge in [-0.05, 0) is 56.3 Å². The lowest BCUT2D eigenvalue weighted by atomic mass is 9.54. The highest BCUT2D eigenvalue weighted by Gasteiger charge is 2.53. The average Bonchev–Trinajstić information content (AvgIpc) is 2.26. The van der Waals surface area contributed by atoms with Crippen LogP contribution in [0.2, 0.25) is 0 Å². The van der Waals surface area contributed by atoms with Crippen LogP contribution in [-0.4, -0.2) is 12.7 Å². The Morgan fingerprint density at radius 2 is 1.65 bits per heavy atom. The van der Waals surface area contributed by atoms with Crippen molar-refractivity contribution in [3.63, 3.8) is 0 Å². The second-order valence-corrected chi connectivity index (χ2v) is 8.09. The molecule has 0 heterocycles. The first-order valence-corrected chi connectivity index (χ1v) is 8.17. The molecule has 17 heavy (non-hydrogen) atoms. The first kappa shape index (κ1) is 12.0. The summed E-state index contributed by atoms with van der Waals surface area (Å²) >= 11 is 0. The molecule has 4 aliphatic rings. The largest absolute Gasteiger partial charge is 0.353 e. The Balaban J connectivity index is 1.82. The Morgan fingerprint density at radius 3 is 2.00 bits per heavy atom. The predicted molar refractivity (Wildman–Crippen MR) is 66.8 cm³/mol. The van der Waals surface area contributed by atoms with Crippen LogP contribution < -0.4 is 0 Å². The highest BCUT2D eigenvalue weighted by Crippen LogP contribution is 2.63. The van der Waals surface area contributed by atoms with Crippen LogP contribution in [0.3, 0.4) is 0 Å². The lowest BCUT2D eigenvalue weighted by Gasteiger charge is -2.56. The van der Waals surface area contributed by atoms with Crippen LogP contribution in [-0.2, 0) is 13.6 Å². The van der Waals surface area contributed by atoms with Crippen molar-refractivity contribution in [2.24, 2.45) is 17.8 Å². The Bertz CT molecular complexity index is 342. The molecule has 0 saturated heterocycles. The minimum Gasteiger partial charge on any atom is -0.309 e. The van der Waals surface area contributed by atoms with E-state index >= 15 is 0 Å². The summed E-state index contributed by atoms with van der Waals surface area (Å²) in [6, 6.07) is 0. The van der Waals surface area contributed by atoms with Gasteiger partial charge in [-0.3, -0.25) is 9.09 Å². The third kappa shape index (κ3) is 2.03. The van der Waals surface area contributed by atoms with Gasteiger partial charge in [0.2, 0.25) is 0 Å². The average molecular weight is 256 g/mol. The van der Waals surface area contributed by atoms with Crippen molar-refractivity contribution in [3.8, 4) is 0 Å². The second kappa shape index (κ2) is 3.94. The molecule has 0 radical (unpaired) electrons. The van der Waals surface area contributed by atoms with Crippen molar-refractivity contribution in [1.82, 2.24) is 0 Å². The van der Waals surface area contributed by atoms with Crippen LogP contribution in [0.1, 0.15) is 38.5 Å². The smallest absolute Gasteiger partial charge is 0.309 e. The molecule has 4 bridgehead atoms. The monoisotopic (exact) mass is 256 g/mol. The lowest BCUT2D eigenvalue weighted by Crippen LogP contribution is -2.51. The van der Waals surface area contributed by atoms with E-state index in [0.29, 0.717) is 0 Å². The fourth-order valence-corrected chi connectivity index (χ4v) is 5.62. The van der Waals surface area contributed by atoms with Gasteiger partial charge in [0.05, 0.1) is 5.60 Å². The first-order valence-electron chi connectivity index (χ1n) is 6.56. The summed E-state index contributed by atoms with van der Waals surface area (Å²) in [7, 11) is -1.62. The van der Waals surface area contributed by atoms with Crippen molar-refractivity contribution in [1.29, 1.82) is 0 Å². The van der Waals surface area contributed by atoms with Crippen molar-refractivity contribution in [3.05, 3.63) is 12.4 Å². The van der Waals surface area contributed by atoms with Crippen molar-refractivity contribution < 1.29 is 13.6 Å². The first-order chi connectivity index (χ1) is 8.06. The SMILES string of the molecule is C=CP(=O)(OC)OC12CC3CC(CC(C3)C1)C2. The van der Waals surface area contributed by atoms with Gasteiger partial charge in [0.25, 0.3) is 0 Å². The van der Waals surface area contributed by atoms with Crippen LogP contribution in [0.25, 0.3) is 0 Å². The number of hydrogen-bond acceptors (Lipinski definition) is 3. The molecule has 0 aliphatic heterocycles. The maximum Gasteiger partial charge on any atom is 0.353 e. The summed E-state index contributed by atoms with van der Waals surface area (Å²) in [5, 5.41) is 0. The van der Waals surface area contributed by atoms with Crippen LogP contribution in [0.15, 0.2) is 12.4 Å². The third-order valence-corrected chi connectivity index (χ3v) is 6.38. The Labute approximate surface area is 103 Å². The summed E-state index contributed by atoms with van der Waals surface area (Å²) in [6.07, 6.45) is 7.27. The number of hydrogen-bond donors (Lipinski definition) is 0. The van der Waals surface area contributed by atoms with Crippen molar-refractivity contribution >= 4 is 7.60 Å². The van der Waals surface area contributed by atoms with E-state index in [1.54, 1.807) is 0 Å². The van der Waals surface area contributed by atoms with Crippen molar-refractivity contribution in [2.75, 3.05) is 7.11 Å². The normalized spacial score (nSPS) is 46.8. The summed E-state index contributed by atoms with van der Waals surface area (Å²) in [5.41, 5.74) is -0.172. The Morgan fingerprint density at radius 1 is 1.18 bits per heavy atom. The molecule has 0 spiro atoms. The molecule has 0 aromatic heterocycles. The summed E-state index contributed by atoms with van der Waals surface area (Å²) in [5.74, 6) is 3.72. The van der Waals surface area contributed by atoms with E-state index in [0.717, 1.165) is 37.0 Å². The maximum atomic E-state index is 12.3. The molecule has 96 valence electrons. The quantitative estimate of drug-likeness (QED) is 0.714. The molecule has 4 fully saturated rings. The molecule has 0 aromatic rings. The zero-order valence-electron chi connectivity index (χ0n) is 10.4. The second-order valence-electron chi connectivity index (χ2n) is 6.10. The topological polar surface area (TPSA) is 35.5 Å². The Kier molecular flexibility index (Phi) is 2.77. The fraction of sp³-hybridized carbons (Fsp3) is 0.846. The predicted octanol–water partition coefficient (Wildman–Crippen LogP) is 3.95. The highest BCUT2D eigenvalue weighted by atomic mass is 31.2. The molecule has 4 saturated carbocycles. The van der Waals surface area contributed by atoms with Gasteiger partial charge in [-0.15, -0.1) is 0 Å². The molecule has 1 atom stereocenters. The standard InChI is InChI=1S/C13H21O3P/c1-3-17(14,15-2)16-13-7-10-4-11(8-13)6-12(5-10)9-13/h3,10-12H,1,4-9H2,2H3. The fourth-order valence-electron chi connectivity index (χ4n) is 4.56. The van der Waals surface area contributed by atoms with Gasteiger partial charge in [-0.25, -0.2) is 0 Å². The molecule has 4 rings (SSSR count). The summed E-state index contributed by atoms with van der Waals surface area (Å²) < 4.78 is 23.3. The summed E-state index contributed by atoms with van der Waals surface area (Å²) in [6.45, 7) is 3.59. The molecule has 3 nitrogen and oxygen atoms in total. The van der Waals surface area contributed by atoms with Gasteiger partial charge < -0.3 is 4.52 Å². The lowest BCUT2D eigenvalue weighted by molar-refractivity contribution is -0.111. The van der Waals surface area contributed by atoms with E-state index in [1.165, 1.54) is 32.2 Å². The molecule has 0 N–H and O–H groups in total. The van der Waals surface area contributed by atoms with E-state index in [2.05, 4.69) is 6.58 Å². The molecule has 0 aromatic carbocycles. The van der Waals surface area contributed by atoms with Crippen LogP contribution in [0.5, 0.6) is 0 Å². The highest BCUT2D eigenvalue weighted by molar-refractivity contribution is 7.57. The van der Waals surface area contributed by atoms with Crippen LogP contribution in [0, 0.1) is 17.8 Å². The molecule has 1 unspecified atom stereocenters. The molecular weight excluding hydrogens is 235 g/mol. The van der Waals surface area contributed by atoms with E-state index < -0.39 is 7.60 Å². The van der Waals surface area contributed by atoms with E-state index in [4.69, 9.17) is 9.05 Å². The van der Waals surface area contributed by atoms with Crippen molar-refractivity contribution in [2.45, 2.75) is 44.1 Å². The van der Waals surface area contributed by atoms with Gasteiger partial charge in [0, 0.05) is 12.9 Å². The summed E-state index contributed by atoms with van der Waals surface area (Å²) in [4.78, 5) is 0.